The summed E-state index contributed by atoms with van der Waals surface area (Å²) in [6, 6.07) is 7.60. The first-order valence-corrected chi connectivity index (χ1v) is 10.3. The maximum atomic E-state index is 10.3. The van der Waals surface area contributed by atoms with Crippen LogP contribution in [0.1, 0.15) is 18.4 Å². The number of phenols is 1. The summed E-state index contributed by atoms with van der Waals surface area (Å²) in [5.41, 5.74) is 0.934. The molecule has 1 aromatic carbocycles. The largest absolute Gasteiger partial charge is 0.508 e. The fraction of sp³-hybridized carbons (Fsp3) is 0.700. The summed E-state index contributed by atoms with van der Waals surface area (Å²) in [5, 5.41) is 13.8. The Labute approximate surface area is 162 Å². The topological polar surface area (TPSA) is 42.0 Å². The zero-order valence-corrected chi connectivity index (χ0v) is 16.7. The monoisotopic (exact) mass is 380 g/mol. The molecule has 2 bridgehead atoms. The zero-order valence-electron chi connectivity index (χ0n) is 16.0. The number of nitrogens with one attached hydrogen (secondary N) is 1. The Kier molecular flexibility index (Phi) is 7.18. The summed E-state index contributed by atoms with van der Waals surface area (Å²) in [7, 11) is 2.19. The molecule has 2 fully saturated rings. The summed E-state index contributed by atoms with van der Waals surface area (Å²) in [4.78, 5) is 6.92. The minimum Gasteiger partial charge on any atom is -0.508 e. The molecule has 6 heteroatoms. The van der Waals surface area contributed by atoms with Crippen LogP contribution in [0.2, 0.25) is 0 Å². The van der Waals surface area contributed by atoms with Crippen molar-refractivity contribution in [2.45, 2.75) is 24.3 Å². The van der Waals surface area contributed by atoms with Crippen molar-refractivity contribution in [3.05, 3.63) is 29.8 Å². The van der Waals surface area contributed by atoms with E-state index in [4.69, 9.17) is 11.6 Å². The quantitative estimate of drug-likeness (QED) is 0.605. The number of nitrogens with zero attached hydrogens (tertiary/aromatic N) is 3. The van der Waals surface area contributed by atoms with Crippen LogP contribution in [-0.2, 0) is 6.42 Å². The van der Waals surface area contributed by atoms with Gasteiger partial charge in [-0.1, -0.05) is 18.2 Å². The van der Waals surface area contributed by atoms with Crippen molar-refractivity contribution in [2.75, 3.05) is 66.0 Å². The number of hydrogen-bond acceptors (Lipinski definition) is 5. The molecule has 2 aliphatic heterocycles. The lowest BCUT2D eigenvalue weighted by atomic mass is 9.99. The second-order valence-corrected chi connectivity index (χ2v) is 8.41. The molecule has 0 spiro atoms. The zero-order chi connectivity index (χ0) is 18.4. The third-order valence-corrected chi connectivity index (χ3v) is 6.33. The summed E-state index contributed by atoms with van der Waals surface area (Å²) >= 11 is 7.30. The summed E-state index contributed by atoms with van der Waals surface area (Å²) < 4.78 is 0. The van der Waals surface area contributed by atoms with E-state index in [-0.39, 0.29) is 0 Å². The van der Waals surface area contributed by atoms with Gasteiger partial charge in [0.15, 0.2) is 0 Å². The van der Waals surface area contributed by atoms with E-state index in [0.717, 1.165) is 70.9 Å². The number of halogens is 1. The van der Waals surface area contributed by atoms with E-state index < -0.39 is 5.00 Å². The third kappa shape index (κ3) is 5.33. The minimum absolute atomic E-state index is 0.346. The molecule has 0 amide bonds. The van der Waals surface area contributed by atoms with Gasteiger partial charge in [-0.25, -0.2) is 0 Å². The first kappa shape index (κ1) is 19.9. The number of para-hydroxylation sites is 1. The summed E-state index contributed by atoms with van der Waals surface area (Å²) in [6.07, 6.45) is 2.75. The second kappa shape index (κ2) is 9.38. The maximum absolute atomic E-state index is 10.3. The Balaban J connectivity index is 1.84. The average molecular weight is 381 g/mol. The van der Waals surface area contributed by atoms with Gasteiger partial charge in [-0.2, -0.15) is 0 Å². The van der Waals surface area contributed by atoms with Crippen molar-refractivity contribution in [1.82, 2.24) is 20.0 Å². The predicted molar refractivity (Wildman–Crippen MR) is 108 cm³/mol. The van der Waals surface area contributed by atoms with E-state index >= 15 is 0 Å². The van der Waals surface area contributed by atoms with Crippen molar-refractivity contribution in [3.8, 4) is 5.75 Å². The normalized spacial score (nSPS) is 32.2. The van der Waals surface area contributed by atoms with Gasteiger partial charge in [-0.3, -0.25) is 4.90 Å². The molecule has 0 saturated carbocycles. The molecule has 0 aliphatic carbocycles. The molecular weight excluding hydrogens is 348 g/mol. The van der Waals surface area contributed by atoms with Gasteiger partial charge in [0.25, 0.3) is 0 Å². The van der Waals surface area contributed by atoms with Crippen molar-refractivity contribution >= 4 is 11.6 Å². The molecule has 3 atom stereocenters. The molecule has 3 unspecified atom stereocenters. The van der Waals surface area contributed by atoms with Gasteiger partial charge in [-0.05, 0) is 44.6 Å². The first-order chi connectivity index (χ1) is 12.6. The van der Waals surface area contributed by atoms with Crippen molar-refractivity contribution in [2.24, 2.45) is 0 Å². The minimum atomic E-state index is -0.475. The number of benzene rings is 1. The second-order valence-electron chi connectivity index (χ2n) is 7.71. The molecular formula is C20H33ClN4O. The molecule has 146 valence electrons. The number of alkyl halides is 1. The number of aromatic hydroxyl groups is 1. The highest BCUT2D eigenvalue weighted by Gasteiger charge is 2.36. The Morgan fingerprint density at radius 1 is 1.04 bits per heavy atom. The van der Waals surface area contributed by atoms with Crippen molar-refractivity contribution in [3.63, 3.8) is 0 Å². The highest BCUT2D eigenvalue weighted by molar-refractivity contribution is 6.23. The fourth-order valence-electron chi connectivity index (χ4n) is 3.97. The molecule has 2 saturated heterocycles. The van der Waals surface area contributed by atoms with Crippen LogP contribution in [0.4, 0.5) is 0 Å². The van der Waals surface area contributed by atoms with Crippen LogP contribution in [0.5, 0.6) is 5.75 Å². The Hall–Kier alpha value is -0.850. The van der Waals surface area contributed by atoms with Crippen LogP contribution in [0.25, 0.3) is 0 Å². The van der Waals surface area contributed by atoms with Gasteiger partial charge in [0, 0.05) is 52.2 Å². The third-order valence-electron chi connectivity index (χ3n) is 5.77. The van der Waals surface area contributed by atoms with E-state index in [1.807, 2.05) is 18.2 Å². The van der Waals surface area contributed by atoms with Crippen LogP contribution in [0.3, 0.4) is 0 Å². The van der Waals surface area contributed by atoms with E-state index in [0.29, 0.717) is 12.2 Å². The molecule has 1 aromatic rings. The molecule has 3 rings (SSSR count). The lowest BCUT2D eigenvalue weighted by Gasteiger charge is -2.43. The van der Waals surface area contributed by atoms with Crippen molar-refractivity contribution in [1.29, 1.82) is 0 Å². The number of hydrogen-bond donors (Lipinski definition) is 2. The standard InChI is InChI=1S/C20H33ClN4O/c1-23-11-7-20(21,17-18-5-2-3-6-19(18)26)25-12-9-22-8-4-10-24(14-13-23)15-16-25/h2-3,5-6,22,26H,4,7-17H2,1H3. The van der Waals surface area contributed by atoms with Gasteiger partial charge in [0.2, 0.25) is 0 Å². The van der Waals surface area contributed by atoms with E-state index in [1.165, 1.54) is 6.42 Å². The molecule has 26 heavy (non-hydrogen) atoms. The number of likely N-dealkylation sites (N-methyl/N-ethyl adjacent to an activating group) is 1. The molecule has 2 aliphatic rings. The van der Waals surface area contributed by atoms with Crippen LogP contribution in [0.15, 0.2) is 24.3 Å². The van der Waals surface area contributed by atoms with Gasteiger partial charge in [-0.15, -0.1) is 11.6 Å². The lowest BCUT2D eigenvalue weighted by Crippen LogP contribution is -2.54. The molecule has 0 radical (unpaired) electrons. The Morgan fingerprint density at radius 3 is 2.69 bits per heavy atom. The van der Waals surface area contributed by atoms with Crippen molar-refractivity contribution < 1.29 is 5.11 Å². The predicted octanol–water partition coefficient (Wildman–Crippen LogP) is 1.80. The Morgan fingerprint density at radius 2 is 1.85 bits per heavy atom. The van der Waals surface area contributed by atoms with Crippen LogP contribution >= 0.6 is 11.6 Å². The highest BCUT2D eigenvalue weighted by Crippen LogP contribution is 2.33. The van der Waals surface area contributed by atoms with Crippen LogP contribution in [-0.4, -0.2) is 90.8 Å². The number of phenolic OH excluding ortho intramolecular Hbond substituents is 1. The van der Waals surface area contributed by atoms with Crippen LogP contribution in [0, 0.1) is 0 Å². The molecule has 2 heterocycles. The van der Waals surface area contributed by atoms with Gasteiger partial charge >= 0.3 is 0 Å². The molecule has 2 N–H and O–H groups in total. The first-order valence-electron chi connectivity index (χ1n) is 9.89. The smallest absolute Gasteiger partial charge is 0.118 e. The summed E-state index contributed by atoms with van der Waals surface area (Å²) in [5.74, 6) is 0.346. The van der Waals surface area contributed by atoms with Gasteiger partial charge in [0.05, 0.1) is 0 Å². The molecule has 5 nitrogen and oxygen atoms in total. The SMILES string of the molecule is CN1CCN2CCCNCCN(CC2)C(Cl)(Cc2ccccc2O)CC1. The summed E-state index contributed by atoms with van der Waals surface area (Å²) in [6.45, 7) is 9.31. The van der Waals surface area contributed by atoms with E-state index in [9.17, 15) is 5.11 Å². The number of fused-ring (bicyclic) bond motifs is 3. The Bertz CT molecular complexity index is 572. The molecule has 0 aromatic heterocycles. The van der Waals surface area contributed by atoms with Gasteiger partial charge in [0.1, 0.15) is 10.7 Å². The number of rotatable bonds is 2. The lowest BCUT2D eigenvalue weighted by molar-refractivity contribution is 0.0941. The maximum Gasteiger partial charge on any atom is 0.118 e. The van der Waals surface area contributed by atoms with Crippen LogP contribution < -0.4 is 5.32 Å². The average Bonchev–Trinajstić information content (AvgIpc) is 2.64. The highest BCUT2D eigenvalue weighted by atomic mass is 35.5. The fourth-order valence-corrected chi connectivity index (χ4v) is 4.37. The van der Waals surface area contributed by atoms with E-state index in [2.05, 4.69) is 27.1 Å². The van der Waals surface area contributed by atoms with Gasteiger partial charge < -0.3 is 20.2 Å². The van der Waals surface area contributed by atoms with E-state index in [1.54, 1.807) is 6.07 Å².